The maximum atomic E-state index is 9.37. The number of ether oxygens (including phenoxy) is 2. The van der Waals surface area contributed by atoms with Gasteiger partial charge in [-0.3, -0.25) is 0 Å². The van der Waals surface area contributed by atoms with Gasteiger partial charge in [0.2, 0.25) is 0 Å². The summed E-state index contributed by atoms with van der Waals surface area (Å²) in [5, 5.41) is 9.37. The van der Waals surface area contributed by atoms with E-state index in [1.807, 2.05) is 11.8 Å². The molecular weight excluding hydrogens is 212 g/mol. The van der Waals surface area contributed by atoms with Crippen LogP contribution in [0.15, 0.2) is 18.2 Å². The highest BCUT2D eigenvalue weighted by Crippen LogP contribution is 2.33. The molecule has 0 amide bonds. The summed E-state index contributed by atoms with van der Waals surface area (Å²) < 4.78 is 10.9. The topological polar surface area (TPSA) is 38.7 Å². The summed E-state index contributed by atoms with van der Waals surface area (Å²) in [5.74, 6) is 3.66. The van der Waals surface area contributed by atoms with Crippen LogP contribution in [0.25, 0.3) is 0 Å². The number of hydrogen-bond donors (Lipinski definition) is 1. The smallest absolute Gasteiger partial charge is 0.165 e. The largest absolute Gasteiger partial charge is 0.508 e. The third kappa shape index (κ3) is 2.50. The van der Waals surface area contributed by atoms with Gasteiger partial charge in [-0.2, -0.15) is 11.8 Å². The molecule has 15 heavy (non-hydrogen) atoms. The minimum atomic E-state index is 0.205. The average Bonchev–Trinajstić information content (AvgIpc) is 2.71. The van der Waals surface area contributed by atoms with Crippen LogP contribution in [-0.2, 0) is 0 Å². The van der Waals surface area contributed by atoms with Gasteiger partial charge in [-0.05, 0) is 24.3 Å². The Bertz CT molecular complexity index is 335. The van der Waals surface area contributed by atoms with E-state index < -0.39 is 0 Å². The monoisotopic (exact) mass is 226 g/mol. The van der Waals surface area contributed by atoms with Crippen LogP contribution in [0.4, 0.5) is 0 Å². The minimum absolute atomic E-state index is 0.205. The summed E-state index contributed by atoms with van der Waals surface area (Å²) >= 11 is 1.89. The van der Waals surface area contributed by atoms with Crippen molar-refractivity contribution in [2.24, 2.45) is 0 Å². The standard InChI is InChI=1S/C11H14O3S/c1-13-10-3-2-8(12)6-11(10)14-9-4-5-15-7-9/h2-3,6,9,12H,4-5,7H2,1H3. The van der Waals surface area contributed by atoms with E-state index in [0.29, 0.717) is 11.5 Å². The van der Waals surface area contributed by atoms with Crippen LogP contribution in [0.1, 0.15) is 6.42 Å². The molecule has 0 aliphatic carbocycles. The fourth-order valence-electron chi connectivity index (χ4n) is 1.54. The van der Waals surface area contributed by atoms with Crippen LogP contribution in [0.3, 0.4) is 0 Å². The van der Waals surface area contributed by atoms with Crippen molar-refractivity contribution in [1.29, 1.82) is 0 Å². The first kappa shape index (κ1) is 10.5. The summed E-state index contributed by atoms with van der Waals surface area (Å²) in [5.41, 5.74) is 0. The number of phenolic OH excluding ortho intramolecular Hbond substituents is 1. The van der Waals surface area contributed by atoms with E-state index in [9.17, 15) is 5.11 Å². The van der Waals surface area contributed by atoms with Crippen LogP contribution in [0, 0.1) is 0 Å². The van der Waals surface area contributed by atoms with Crippen molar-refractivity contribution in [2.45, 2.75) is 12.5 Å². The Morgan fingerprint density at radius 2 is 2.27 bits per heavy atom. The highest BCUT2D eigenvalue weighted by atomic mass is 32.2. The van der Waals surface area contributed by atoms with Gasteiger partial charge in [-0.15, -0.1) is 0 Å². The normalized spacial score (nSPS) is 20.2. The van der Waals surface area contributed by atoms with E-state index in [4.69, 9.17) is 9.47 Å². The fraction of sp³-hybridized carbons (Fsp3) is 0.455. The van der Waals surface area contributed by atoms with Gasteiger partial charge in [-0.25, -0.2) is 0 Å². The van der Waals surface area contributed by atoms with Gasteiger partial charge in [0.05, 0.1) is 7.11 Å². The molecule has 1 atom stereocenters. The molecule has 1 saturated heterocycles. The van der Waals surface area contributed by atoms with Crippen LogP contribution in [0.2, 0.25) is 0 Å². The first-order valence-electron chi connectivity index (χ1n) is 4.91. The molecule has 2 rings (SSSR count). The third-order valence-electron chi connectivity index (χ3n) is 2.33. The Hall–Kier alpha value is -1.03. The van der Waals surface area contributed by atoms with Gasteiger partial charge in [0, 0.05) is 11.8 Å². The quantitative estimate of drug-likeness (QED) is 0.858. The number of rotatable bonds is 3. The molecule has 4 heteroatoms. The number of thioether (sulfide) groups is 1. The molecule has 1 unspecified atom stereocenters. The minimum Gasteiger partial charge on any atom is -0.508 e. The highest BCUT2D eigenvalue weighted by molar-refractivity contribution is 7.99. The second kappa shape index (κ2) is 4.66. The van der Waals surface area contributed by atoms with Crippen molar-refractivity contribution >= 4 is 11.8 Å². The third-order valence-corrected chi connectivity index (χ3v) is 3.46. The lowest BCUT2D eigenvalue weighted by Crippen LogP contribution is -2.15. The summed E-state index contributed by atoms with van der Waals surface area (Å²) in [6.07, 6.45) is 1.30. The molecular formula is C11H14O3S. The summed E-state index contributed by atoms with van der Waals surface area (Å²) in [6.45, 7) is 0. The SMILES string of the molecule is COc1ccc(O)cc1OC1CCSC1. The molecule has 1 fully saturated rings. The highest BCUT2D eigenvalue weighted by Gasteiger charge is 2.18. The van der Waals surface area contributed by atoms with Crippen LogP contribution in [0.5, 0.6) is 17.2 Å². The second-order valence-electron chi connectivity index (χ2n) is 3.44. The molecule has 0 saturated carbocycles. The Labute approximate surface area is 93.4 Å². The number of benzene rings is 1. The maximum Gasteiger partial charge on any atom is 0.165 e. The van der Waals surface area contributed by atoms with Crippen LogP contribution < -0.4 is 9.47 Å². The average molecular weight is 226 g/mol. The number of hydrogen-bond acceptors (Lipinski definition) is 4. The molecule has 82 valence electrons. The summed E-state index contributed by atoms with van der Waals surface area (Å²) in [7, 11) is 1.60. The molecule has 1 aromatic rings. The first-order valence-corrected chi connectivity index (χ1v) is 6.06. The van der Waals surface area contributed by atoms with Crippen molar-refractivity contribution in [3.63, 3.8) is 0 Å². The van der Waals surface area contributed by atoms with Gasteiger partial charge in [0.1, 0.15) is 11.9 Å². The van der Waals surface area contributed by atoms with E-state index in [0.717, 1.165) is 17.9 Å². The number of methoxy groups -OCH3 is 1. The fourth-order valence-corrected chi connectivity index (χ4v) is 2.64. The zero-order valence-corrected chi connectivity index (χ0v) is 9.42. The molecule has 1 aliphatic heterocycles. The number of aromatic hydroxyl groups is 1. The predicted octanol–water partition coefficient (Wildman–Crippen LogP) is 2.29. The maximum absolute atomic E-state index is 9.37. The molecule has 1 heterocycles. The van der Waals surface area contributed by atoms with Gasteiger partial charge in [0.15, 0.2) is 11.5 Å². The molecule has 0 radical (unpaired) electrons. The van der Waals surface area contributed by atoms with Gasteiger partial charge < -0.3 is 14.6 Å². The Morgan fingerprint density at radius 3 is 2.93 bits per heavy atom. The van der Waals surface area contributed by atoms with Crippen LogP contribution in [-0.4, -0.2) is 29.8 Å². The Kier molecular flexibility index (Phi) is 3.26. The number of phenols is 1. The lowest BCUT2D eigenvalue weighted by molar-refractivity contribution is 0.217. The van der Waals surface area contributed by atoms with Crippen molar-refractivity contribution < 1.29 is 14.6 Å². The van der Waals surface area contributed by atoms with Crippen molar-refractivity contribution in [1.82, 2.24) is 0 Å². The van der Waals surface area contributed by atoms with Gasteiger partial charge in [-0.1, -0.05) is 0 Å². The lowest BCUT2D eigenvalue weighted by Gasteiger charge is -2.15. The van der Waals surface area contributed by atoms with Gasteiger partial charge in [0.25, 0.3) is 0 Å². The molecule has 1 aliphatic rings. The van der Waals surface area contributed by atoms with E-state index >= 15 is 0 Å². The molecule has 1 N–H and O–H groups in total. The summed E-state index contributed by atoms with van der Waals surface area (Å²) in [6, 6.07) is 4.91. The molecule has 1 aromatic carbocycles. The predicted molar refractivity (Wildman–Crippen MR) is 61.0 cm³/mol. The van der Waals surface area contributed by atoms with E-state index in [1.165, 1.54) is 0 Å². The molecule has 0 bridgehead atoms. The first-order chi connectivity index (χ1) is 7.29. The lowest BCUT2D eigenvalue weighted by atomic mass is 10.2. The summed E-state index contributed by atoms with van der Waals surface area (Å²) in [4.78, 5) is 0. The van der Waals surface area contributed by atoms with Crippen molar-refractivity contribution in [3.05, 3.63) is 18.2 Å². The van der Waals surface area contributed by atoms with Crippen LogP contribution >= 0.6 is 11.8 Å². The zero-order valence-electron chi connectivity index (χ0n) is 8.60. The Morgan fingerprint density at radius 1 is 1.40 bits per heavy atom. The van der Waals surface area contributed by atoms with Crippen molar-refractivity contribution in [3.8, 4) is 17.2 Å². The van der Waals surface area contributed by atoms with E-state index in [1.54, 1.807) is 25.3 Å². The second-order valence-corrected chi connectivity index (χ2v) is 4.59. The zero-order chi connectivity index (χ0) is 10.7. The molecule has 3 nitrogen and oxygen atoms in total. The van der Waals surface area contributed by atoms with Gasteiger partial charge >= 0.3 is 0 Å². The van der Waals surface area contributed by atoms with E-state index in [2.05, 4.69) is 0 Å². The Balaban J connectivity index is 2.14. The molecule has 0 spiro atoms. The molecule has 0 aromatic heterocycles. The van der Waals surface area contributed by atoms with E-state index in [-0.39, 0.29) is 11.9 Å². The van der Waals surface area contributed by atoms with Crippen molar-refractivity contribution in [2.75, 3.05) is 18.6 Å².